The molecule has 0 unspecified atom stereocenters. The Morgan fingerprint density at radius 1 is 1.42 bits per heavy atom. The molecule has 0 fully saturated rings. The second-order valence-corrected chi connectivity index (χ2v) is 5.15. The molecule has 2 N–H and O–H groups in total. The molecule has 19 heavy (non-hydrogen) atoms. The van der Waals surface area contributed by atoms with E-state index < -0.39 is 0 Å². The van der Waals surface area contributed by atoms with E-state index in [-0.39, 0.29) is 18.3 Å². The predicted octanol–water partition coefficient (Wildman–Crippen LogP) is 1.87. The van der Waals surface area contributed by atoms with Gasteiger partial charge in [-0.05, 0) is 31.3 Å². The Labute approximate surface area is 114 Å². The molecule has 1 heterocycles. The number of benzene rings is 1. The summed E-state index contributed by atoms with van der Waals surface area (Å²) in [5.41, 5.74) is 6.88. The van der Waals surface area contributed by atoms with Crippen LogP contribution in [-0.2, 0) is 11.3 Å². The highest BCUT2D eigenvalue weighted by atomic mass is 32.1. The quantitative estimate of drug-likeness (QED) is 0.909. The molecule has 2 rings (SSSR count). The van der Waals surface area contributed by atoms with E-state index in [1.807, 2.05) is 12.4 Å². The van der Waals surface area contributed by atoms with Crippen molar-refractivity contribution in [1.29, 1.82) is 0 Å². The van der Waals surface area contributed by atoms with Gasteiger partial charge in [0.1, 0.15) is 10.8 Å². The Kier molecular flexibility index (Phi) is 4.24. The summed E-state index contributed by atoms with van der Waals surface area (Å²) in [6.07, 6.45) is 0. The lowest BCUT2D eigenvalue weighted by atomic mass is 10.2. The second kappa shape index (κ2) is 5.90. The van der Waals surface area contributed by atoms with Crippen molar-refractivity contribution in [2.45, 2.75) is 6.54 Å². The van der Waals surface area contributed by atoms with Crippen molar-refractivity contribution in [3.63, 3.8) is 0 Å². The molecule has 1 aromatic carbocycles. The van der Waals surface area contributed by atoms with E-state index in [1.54, 1.807) is 17.0 Å². The first kappa shape index (κ1) is 13.6. The van der Waals surface area contributed by atoms with E-state index in [0.29, 0.717) is 6.54 Å². The Hall–Kier alpha value is -1.79. The summed E-state index contributed by atoms with van der Waals surface area (Å²) < 4.78 is 12.8. The lowest BCUT2D eigenvalue weighted by Crippen LogP contribution is -2.30. The Bertz CT molecular complexity index is 568. The molecule has 1 aromatic heterocycles. The molecule has 0 radical (unpaired) electrons. The summed E-state index contributed by atoms with van der Waals surface area (Å²) in [5, 5.41) is 2.76. The number of nitrogens with two attached hydrogens (primary N) is 1. The van der Waals surface area contributed by atoms with Gasteiger partial charge in [-0.15, -0.1) is 11.3 Å². The SMILES string of the molecule is CN(CC(N)=O)Cc1csc(-c2ccc(F)cc2)n1. The largest absolute Gasteiger partial charge is 0.369 e. The van der Waals surface area contributed by atoms with Crippen molar-refractivity contribution in [3.05, 3.63) is 41.2 Å². The molecule has 6 heteroatoms. The summed E-state index contributed by atoms with van der Waals surface area (Å²) >= 11 is 1.49. The van der Waals surface area contributed by atoms with Crippen LogP contribution in [0.5, 0.6) is 0 Å². The van der Waals surface area contributed by atoms with Gasteiger partial charge < -0.3 is 5.73 Å². The van der Waals surface area contributed by atoms with Crippen LogP contribution in [0.1, 0.15) is 5.69 Å². The molecule has 0 atom stereocenters. The first-order valence-corrected chi connectivity index (χ1v) is 6.60. The number of carbonyl (C=O) groups is 1. The van der Waals surface area contributed by atoms with Crippen LogP contribution in [0.2, 0.25) is 0 Å². The Morgan fingerprint density at radius 3 is 2.74 bits per heavy atom. The number of likely N-dealkylation sites (N-methyl/N-ethyl adjacent to an activating group) is 1. The molecule has 0 saturated heterocycles. The number of halogens is 1. The third-order valence-corrected chi connectivity index (χ3v) is 3.44. The molecular weight excluding hydrogens is 265 g/mol. The van der Waals surface area contributed by atoms with E-state index in [1.165, 1.54) is 23.5 Å². The highest BCUT2D eigenvalue weighted by molar-refractivity contribution is 7.13. The zero-order valence-corrected chi connectivity index (χ0v) is 11.3. The number of nitrogens with zero attached hydrogens (tertiary/aromatic N) is 2. The van der Waals surface area contributed by atoms with Crippen LogP contribution in [0, 0.1) is 5.82 Å². The van der Waals surface area contributed by atoms with Crippen molar-refractivity contribution >= 4 is 17.2 Å². The minimum Gasteiger partial charge on any atom is -0.369 e. The minimum absolute atomic E-state index is 0.198. The maximum absolute atomic E-state index is 12.8. The number of thiazole rings is 1. The number of carbonyl (C=O) groups excluding carboxylic acids is 1. The van der Waals surface area contributed by atoms with Gasteiger partial charge in [-0.1, -0.05) is 0 Å². The minimum atomic E-state index is -0.364. The van der Waals surface area contributed by atoms with Crippen molar-refractivity contribution in [3.8, 4) is 10.6 Å². The van der Waals surface area contributed by atoms with Gasteiger partial charge >= 0.3 is 0 Å². The molecule has 2 aromatic rings. The van der Waals surface area contributed by atoms with E-state index in [9.17, 15) is 9.18 Å². The smallest absolute Gasteiger partial charge is 0.231 e. The highest BCUT2D eigenvalue weighted by Gasteiger charge is 2.08. The summed E-state index contributed by atoms with van der Waals surface area (Å²) in [5.74, 6) is -0.627. The van der Waals surface area contributed by atoms with E-state index in [2.05, 4.69) is 4.98 Å². The lowest BCUT2D eigenvalue weighted by Gasteiger charge is -2.11. The fraction of sp³-hybridized carbons (Fsp3) is 0.231. The molecule has 0 bridgehead atoms. The molecule has 0 aliphatic carbocycles. The topological polar surface area (TPSA) is 59.2 Å². The molecule has 1 amide bonds. The van der Waals surface area contributed by atoms with Crippen LogP contribution in [0.15, 0.2) is 29.6 Å². The summed E-state index contributed by atoms with van der Waals surface area (Å²) in [7, 11) is 1.81. The van der Waals surface area contributed by atoms with Crippen molar-refractivity contribution in [2.75, 3.05) is 13.6 Å². The van der Waals surface area contributed by atoms with Crippen LogP contribution >= 0.6 is 11.3 Å². The van der Waals surface area contributed by atoms with Crippen molar-refractivity contribution in [1.82, 2.24) is 9.88 Å². The van der Waals surface area contributed by atoms with E-state index in [0.717, 1.165) is 16.3 Å². The van der Waals surface area contributed by atoms with Crippen LogP contribution in [-0.4, -0.2) is 29.4 Å². The number of primary amides is 1. The number of rotatable bonds is 5. The third kappa shape index (κ3) is 3.84. The van der Waals surface area contributed by atoms with Gasteiger partial charge in [0.2, 0.25) is 5.91 Å². The zero-order chi connectivity index (χ0) is 13.8. The second-order valence-electron chi connectivity index (χ2n) is 4.29. The average molecular weight is 279 g/mol. The van der Waals surface area contributed by atoms with E-state index in [4.69, 9.17) is 5.73 Å². The van der Waals surface area contributed by atoms with Crippen LogP contribution in [0.3, 0.4) is 0 Å². The monoisotopic (exact) mass is 279 g/mol. The maximum Gasteiger partial charge on any atom is 0.231 e. The normalized spacial score (nSPS) is 10.9. The first-order chi connectivity index (χ1) is 9.04. The molecule has 0 aliphatic rings. The van der Waals surface area contributed by atoms with E-state index >= 15 is 0 Å². The Balaban J connectivity index is 2.06. The summed E-state index contributed by atoms with van der Waals surface area (Å²) in [6, 6.07) is 6.22. The van der Waals surface area contributed by atoms with Crippen molar-refractivity contribution in [2.24, 2.45) is 5.73 Å². The first-order valence-electron chi connectivity index (χ1n) is 5.72. The number of hydrogen-bond donors (Lipinski definition) is 1. The lowest BCUT2D eigenvalue weighted by molar-refractivity contribution is -0.118. The van der Waals surface area contributed by atoms with Crippen LogP contribution in [0.4, 0.5) is 4.39 Å². The highest BCUT2D eigenvalue weighted by Crippen LogP contribution is 2.24. The number of hydrogen-bond acceptors (Lipinski definition) is 4. The zero-order valence-electron chi connectivity index (χ0n) is 10.5. The summed E-state index contributed by atoms with van der Waals surface area (Å²) in [4.78, 5) is 17.0. The molecular formula is C13H14FN3OS. The van der Waals surface area contributed by atoms with Gasteiger partial charge in [-0.3, -0.25) is 9.69 Å². The van der Waals surface area contributed by atoms with Gasteiger partial charge in [0.25, 0.3) is 0 Å². The number of amides is 1. The van der Waals surface area contributed by atoms with Gasteiger partial charge in [0.15, 0.2) is 0 Å². The van der Waals surface area contributed by atoms with Crippen molar-refractivity contribution < 1.29 is 9.18 Å². The molecule has 0 spiro atoms. The predicted molar refractivity (Wildman–Crippen MR) is 73.0 cm³/mol. The average Bonchev–Trinajstić information content (AvgIpc) is 2.77. The summed E-state index contributed by atoms with van der Waals surface area (Å²) in [6.45, 7) is 0.754. The molecule has 0 aliphatic heterocycles. The fourth-order valence-electron chi connectivity index (χ4n) is 1.70. The third-order valence-electron chi connectivity index (χ3n) is 2.50. The van der Waals surface area contributed by atoms with Gasteiger partial charge in [-0.2, -0.15) is 0 Å². The van der Waals surface area contributed by atoms with Gasteiger partial charge in [-0.25, -0.2) is 9.37 Å². The van der Waals surface area contributed by atoms with Crippen LogP contribution in [0.25, 0.3) is 10.6 Å². The Morgan fingerprint density at radius 2 is 2.11 bits per heavy atom. The standard InChI is InChI=1S/C13H14FN3OS/c1-17(7-12(15)18)6-11-8-19-13(16-11)9-2-4-10(14)5-3-9/h2-5,8H,6-7H2,1H3,(H2,15,18). The van der Waals surface area contributed by atoms with Gasteiger partial charge in [0.05, 0.1) is 12.2 Å². The molecule has 0 saturated carbocycles. The number of aromatic nitrogens is 1. The molecule has 100 valence electrons. The molecule has 4 nitrogen and oxygen atoms in total. The van der Waals surface area contributed by atoms with Gasteiger partial charge in [0, 0.05) is 17.5 Å². The van der Waals surface area contributed by atoms with Crippen LogP contribution < -0.4 is 5.73 Å². The maximum atomic E-state index is 12.8. The fourth-order valence-corrected chi connectivity index (χ4v) is 2.52.